The molecule has 0 aliphatic carbocycles. The molecule has 1 N–H and O–H groups in total. The molecule has 1 aliphatic heterocycles. The molecule has 1 saturated heterocycles. The van der Waals surface area contributed by atoms with Crippen LogP contribution in [0.4, 0.5) is 5.82 Å². The normalized spacial score (nSPS) is 19.1. The van der Waals surface area contributed by atoms with Crippen LogP contribution in [0.5, 0.6) is 0 Å². The molecule has 1 aromatic heterocycles. The molecule has 5 heteroatoms. The van der Waals surface area contributed by atoms with Crippen LogP contribution >= 0.6 is 11.6 Å². The van der Waals surface area contributed by atoms with Crippen LogP contribution in [-0.4, -0.2) is 49.2 Å². The van der Waals surface area contributed by atoms with E-state index in [4.69, 9.17) is 16.6 Å². The number of hydrogen-bond donors (Lipinski definition) is 1. The van der Waals surface area contributed by atoms with Crippen LogP contribution in [0.25, 0.3) is 0 Å². The molecule has 4 nitrogen and oxygen atoms in total. The molecule has 0 aromatic carbocycles. The molecule has 2 rings (SSSR count). The van der Waals surface area contributed by atoms with Gasteiger partial charge in [0.25, 0.3) is 0 Å². The second-order valence-corrected chi connectivity index (χ2v) is 6.09. The molecule has 0 radical (unpaired) electrons. The molecule has 1 aromatic rings. The molecule has 1 aliphatic rings. The van der Waals surface area contributed by atoms with Gasteiger partial charge in [0.1, 0.15) is 5.82 Å². The largest absolute Gasteiger partial charge is 0.358 e. The summed E-state index contributed by atoms with van der Waals surface area (Å²) in [6.45, 7) is 9.37. The maximum absolute atomic E-state index is 6.22. The van der Waals surface area contributed by atoms with E-state index in [2.05, 4.69) is 36.0 Å². The van der Waals surface area contributed by atoms with Crippen molar-refractivity contribution < 1.29 is 0 Å². The Kier molecular flexibility index (Phi) is 6.27. The van der Waals surface area contributed by atoms with Crippen LogP contribution in [0, 0.1) is 0 Å². The third kappa shape index (κ3) is 4.31. The summed E-state index contributed by atoms with van der Waals surface area (Å²) < 4.78 is 0. The number of aromatic nitrogens is 1. The van der Waals surface area contributed by atoms with Crippen LogP contribution in [0.2, 0.25) is 5.02 Å². The first-order chi connectivity index (χ1) is 10.2. The van der Waals surface area contributed by atoms with Crippen molar-refractivity contribution >= 4 is 17.4 Å². The highest BCUT2D eigenvalue weighted by molar-refractivity contribution is 6.31. The van der Waals surface area contributed by atoms with E-state index >= 15 is 0 Å². The van der Waals surface area contributed by atoms with Crippen molar-refractivity contribution in [2.75, 3.05) is 38.1 Å². The highest BCUT2D eigenvalue weighted by Gasteiger charge is 2.24. The molecule has 0 bridgehead atoms. The number of likely N-dealkylation sites (tertiary alicyclic amines) is 1. The average Bonchev–Trinajstić information content (AvgIpc) is 2.93. The Bertz CT molecular complexity index is 452. The fourth-order valence-corrected chi connectivity index (χ4v) is 3.15. The Labute approximate surface area is 133 Å². The quantitative estimate of drug-likeness (QED) is 0.839. The van der Waals surface area contributed by atoms with Crippen LogP contribution < -0.4 is 10.2 Å². The standard InChI is InChI=1S/C16H27ClN4/c1-4-18-11-15-14(17)8-9-16(19-15)20(3)12-13-7-6-10-21(13)5-2/h8-9,13,18H,4-7,10-12H2,1-3H3. The van der Waals surface area contributed by atoms with Crippen molar-refractivity contribution in [3.05, 3.63) is 22.8 Å². The van der Waals surface area contributed by atoms with Gasteiger partial charge in [-0.25, -0.2) is 4.98 Å². The molecule has 0 spiro atoms. The van der Waals surface area contributed by atoms with E-state index < -0.39 is 0 Å². The highest BCUT2D eigenvalue weighted by atomic mass is 35.5. The van der Waals surface area contributed by atoms with E-state index in [1.165, 1.54) is 19.4 Å². The Morgan fingerprint density at radius 3 is 2.95 bits per heavy atom. The lowest BCUT2D eigenvalue weighted by Crippen LogP contribution is -2.39. The minimum Gasteiger partial charge on any atom is -0.358 e. The summed E-state index contributed by atoms with van der Waals surface area (Å²) in [6.07, 6.45) is 2.60. The summed E-state index contributed by atoms with van der Waals surface area (Å²) in [4.78, 5) is 9.53. The predicted molar refractivity (Wildman–Crippen MR) is 90.2 cm³/mol. The van der Waals surface area contributed by atoms with Crippen molar-refractivity contribution in [2.24, 2.45) is 0 Å². The van der Waals surface area contributed by atoms with Gasteiger partial charge in [0.05, 0.1) is 10.7 Å². The lowest BCUT2D eigenvalue weighted by atomic mass is 10.2. The Morgan fingerprint density at radius 1 is 1.43 bits per heavy atom. The van der Waals surface area contributed by atoms with Gasteiger partial charge in [-0.05, 0) is 44.6 Å². The molecule has 2 heterocycles. The van der Waals surface area contributed by atoms with E-state index in [1.807, 2.05) is 12.1 Å². The van der Waals surface area contributed by atoms with Gasteiger partial charge >= 0.3 is 0 Å². The lowest BCUT2D eigenvalue weighted by molar-refractivity contribution is 0.270. The molecule has 0 saturated carbocycles. The molecule has 21 heavy (non-hydrogen) atoms. The summed E-state index contributed by atoms with van der Waals surface area (Å²) >= 11 is 6.22. The zero-order valence-electron chi connectivity index (χ0n) is 13.4. The topological polar surface area (TPSA) is 31.4 Å². The molecule has 1 atom stereocenters. The summed E-state index contributed by atoms with van der Waals surface area (Å²) in [7, 11) is 2.12. The predicted octanol–water partition coefficient (Wildman–Crippen LogP) is 2.77. The van der Waals surface area contributed by atoms with E-state index in [1.54, 1.807) is 0 Å². The first-order valence-corrected chi connectivity index (χ1v) is 8.34. The molecule has 1 fully saturated rings. The molecule has 1 unspecified atom stereocenters. The Hall–Kier alpha value is -0.840. The van der Waals surface area contributed by atoms with Gasteiger partial charge in [-0.2, -0.15) is 0 Å². The summed E-state index contributed by atoms with van der Waals surface area (Å²) in [5, 5.41) is 4.03. The second kappa shape index (κ2) is 7.97. The van der Waals surface area contributed by atoms with Gasteiger partial charge in [0, 0.05) is 26.2 Å². The Morgan fingerprint density at radius 2 is 2.24 bits per heavy atom. The monoisotopic (exact) mass is 310 g/mol. The lowest BCUT2D eigenvalue weighted by Gasteiger charge is -2.28. The Balaban J connectivity index is 2.03. The number of pyridine rings is 1. The average molecular weight is 311 g/mol. The zero-order valence-corrected chi connectivity index (χ0v) is 14.2. The number of nitrogens with zero attached hydrogens (tertiary/aromatic N) is 3. The number of hydrogen-bond acceptors (Lipinski definition) is 4. The van der Waals surface area contributed by atoms with Gasteiger partial charge in [0.15, 0.2) is 0 Å². The van der Waals surface area contributed by atoms with Gasteiger partial charge in [-0.1, -0.05) is 25.4 Å². The number of rotatable bonds is 7. The third-order valence-corrected chi connectivity index (χ3v) is 4.57. The summed E-state index contributed by atoms with van der Waals surface area (Å²) in [5.41, 5.74) is 0.932. The third-order valence-electron chi connectivity index (χ3n) is 4.23. The highest BCUT2D eigenvalue weighted by Crippen LogP contribution is 2.22. The van der Waals surface area contributed by atoms with Gasteiger partial charge < -0.3 is 10.2 Å². The number of halogens is 1. The van der Waals surface area contributed by atoms with Crippen molar-refractivity contribution in [3.8, 4) is 0 Å². The minimum absolute atomic E-state index is 0.648. The SMILES string of the molecule is CCNCc1nc(N(C)CC2CCCN2CC)ccc1Cl. The summed E-state index contributed by atoms with van der Waals surface area (Å²) in [6, 6.07) is 4.62. The van der Waals surface area contributed by atoms with Gasteiger partial charge in [0.2, 0.25) is 0 Å². The number of nitrogens with one attached hydrogen (secondary N) is 1. The maximum Gasteiger partial charge on any atom is 0.128 e. The van der Waals surface area contributed by atoms with E-state index in [9.17, 15) is 0 Å². The maximum atomic E-state index is 6.22. The second-order valence-electron chi connectivity index (χ2n) is 5.68. The smallest absolute Gasteiger partial charge is 0.128 e. The number of anilines is 1. The van der Waals surface area contributed by atoms with Crippen LogP contribution in [0.3, 0.4) is 0 Å². The van der Waals surface area contributed by atoms with Crippen molar-refractivity contribution in [1.29, 1.82) is 0 Å². The first kappa shape index (κ1) is 16.5. The van der Waals surface area contributed by atoms with Crippen LogP contribution in [0.15, 0.2) is 12.1 Å². The van der Waals surface area contributed by atoms with Crippen molar-refractivity contribution in [3.63, 3.8) is 0 Å². The first-order valence-electron chi connectivity index (χ1n) is 7.97. The molecular formula is C16H27ClN4. The molecular weight excluding hydrogens is 284 g/mol. The fraction of sp³-hybridized carbons (Fsp3) is 0.688. The van der Waals surface area contributed by atoms with Crippen molar-refractivity contribution in [2.45, 2.75) is 39.3 Å². The van der Waals surface area contributed by atoms with Crippen LogP contribution in [0.1, 0.15) is 32.4 Å². The van der Waals surface area contributed by atoms with Crippen LogP contribution in [-0.2, 0) is 6.54 Å². The summed E-state index contributed by atoms with van der Waals surface area (Å²) in [5.74, 6) is 1.01. The molecule has 118 valence electrons. The van der Waals surface area contributed by atoms with E-state index in [0.29, 0.717) is 6.04 Å². The van der Waals surface area contributed by atoms with E-state index in [-0.39, 0.29) is 0 Å². The van der Waals surface area contributed by atoms with Crippen molar-refractivity contribution in [1.82, 2.24) is 15.2 Å². The minimum atomic E-state index is 0.648. The van der Waals surface area contributed by atoms with Gasteiger partial charge in [-0.15, -0.1) is 0 Å². The van der Waals surface area contributed by atoms with E-state index in [0.717, 1.165) is 42.7 Å². The fourth-order valence-electron chi connectivity index (χ4n) is 2.98. The molecule has 0 amide bonds. The van der Waals surface area contributed by atoms with Gasteiger partial charge in [-0.3, -0.25) is 4.90 Å². The zero-order chi connectivity index (χ0) is 15.2. The number of likely N-dealkylation sites (N-methyl/N-ethyl adjacent to an activating group) is 2.